The number of halogens is 4. The van der Waals surface area contributed by atoms with E-state index in [4.69, 9.17) is 46.4 Å². The largest absolute Gasteiger partial charge is 0.252 e. The molecule has 0 aliphatic rings. The van der Waals surface area contributed by atoms with Crippen LogP contribution >= 0.6 is 46.4 Å². The molecule has 2 nitrogen and oxygen atoms in total. The lowest BCUT2D eigenvalue weighted by atomic mass is 10.3. The first-order valence-electron chi connectivity index (χ1n) is 5.54. The lowest BCUT2D eigenvalue weighted by Crippen LogP contribution is -1.78. The summed E-state index contributed by atoms with van der Waals surface area (Å²) in [6.07, 6.45) is 2.96. The average molecular weight is 346 g/mol. The van der Waals surface area contributed by atoms with Gasteiger partial charge in [-0.2, -0.15) is 0 Å². The number of rotatable bonds is 3. The highest BCUT2D eigenvalue weighted by Crippen LogP contribution is 2.33. The third-order valence-corrected chi connectivity index (χ3v) is 3.57. The van der Waals surface area contributed by atoms with E-state index in [1.807, 2.05) is 0 Å². The molecule has 2 aromatic carbocycles. The van der Waals surface area contributed by atoms with Gasteiger partial charge in [-0.05, 0) is 24.3 Å². The van der Waals surface area contributed by atoms with E-state index in [-0.39, 0.29) is 0 Å². The molecule has 0 bridgehead atoms. The van der Waals surface area contributed by atoms with Gasteiger partial charge in [-0.25, -0.2) is 0 Å². The minimum absolute atomic E-state index is 0.470. The SMILES string of the molecule is Clc1cccc(Cl)c1N=CC=Nc1c(Cl)cccc1Cl. The molecular weight excluding hydrogens is 338 g/mol. The summed E-state index contributed by atoms with van der Waals surface area (Å²) in [5.74, 6) is 0. The van der Waals surface area contributed by atoms with Gasteiger partial charge in [-0.3, -0.25) is 9.98 Å². The fraction of sp³-hybridized carbons (Fsp3) is 0. The van der Waals surface area contributed by atoms with Crippen LogP contribution in [0.25, 0.3) is 0 Å². The van der Waals surface area contributed by atoms with Crippen molar-refractivity contribution in [1.29, 1.82) is 0 Å². The maximum Gasteiger partial charge on any atom is 0.100 e. The quantitative estimate of drug-likeness (QED) is 0.574. The van der Waals surface area contributed by atoms with E-state index in [2.05, 4.69) is 9.98 Å². The second-order valence-electron chi connectivity index (χ2n) is 3.70. The highest BCUT2D eigenvalue weighted by Gasteiger charge is 2.03. The van der Waals surface area contributed by atoms with Crippen molar-refractivity contribution in [2.24, 2.45) is 9.98 Å². The van der Waals surface area contributed by atoms with Crippen LogP contribution in [0.5, 0.6) is 0 Å². The van der Waals surface area contributed by atoms with Gasteiger partial charge in [-0.15, -0.1) is 0 Å². The smallest absolute Gasteiger partial charge is 0.100 e. The van der Waals surface area contributed by atoms with Gasteiger partial charge in [0.05, 0.1) is 20.1 Å². The first-order valence-corrected chi connectivity index (χ1v) is 7.05. The predicted molar refractivity (Wildman–Crippen MR) is 89.2 cm³/mol. The number of hydrogen-bond acceptors (Lipinski definition) is 2. The minimum Gasteiger partial charge on any atom is -0.252 e. The van der Waals surface area contributed by atoms with Crippen LogP contribution in [0.1, 0.15) is 0 Å². The van der Waals surface area contributed by atoms with E-state index < -0.39 is 0 Å². The first kappa shape index (κ1) is 15.3. The first-order chi connectivity index (χ1) is 9.59. The summed E-state index contributed by atoms with van der Waals surface area (Å²) >= 11 is 24.0. The topological polar surface area (TPSA) is 24.7 Å². The van der Waals surface area contributed by atoms with Gasteiger partial charge < -0.3 is 0 Å². The molecular formula is C14H8Cl4N2. The highest BCUT2D eigenvalue weighted by molar-refractivity contribution is 6.40. The maximum atomic E-state index is 5.99. The van der Waals surface area contributed by atoms with Crippen molar-refractivity contribution in [3.8, 4) is 0 Å². The summed E-state index contributed by atoms with van der Waals surface area (Å²) in [6, 6.07) is 10.3. The van der Waals surface area contributed by atoms with Gasteiger partial charge in [-0.1, -0.05) is 58.5 Å². The number of hydrogen-bond donors (Lipinski definition) is 0. The minimum atomic E-state index is 0.470. The normalized spacial score (nSPS) is 11.6. The summed E-state index contributed by atoms with van der Waals surface area (Å²) in [6.45, 7) is 0. The molecule has 0 atom stereocenters. The molecule has 2 rings (SSSR count). The zero-order chi connectivity index (χ0) is 14.5. The molecule has 0 radical (unpaired) electrons. The van der Waals surface area contributed by atoms with E-state index in [0.29, 0.717) is 31.5 Å². The number of para-hydroxylation sites is 2. The molecule has 0 unspecified atom stereocenters. The molecule has 20 heavy (non-hydrogen) atoms. The van der Waals surface area contributed by atoms with Gasteiger partial charge in [0.15, 0.2) is 0 Å². The monoisotopic (exact) mass is 344 g/mol. The number of benzene rings is 2. The third-order valence-electron chi connectivity index (χ3n) is 2.35. The fourth-order valence-corrected chi connectivity index (χ4v) is 2.43. The van der Waals surface area contributed by atoms with Crippen molar-refractivity contribution < 1.29 is 0 Å². The molecule has 102 valence electrons. The maximum absolute atomic E-state index is 5.99. The van der Waals surface area contributed by atoms with Crippen LogP contribution in [0.4, 0.5) is 11.4 Å². The van der Waals surface area contributed by atoms with E-state index in [1.54, 1.807) is 36.4 Å². The van der Waals surface area contributed by atoms with Crippen molar-refractivity contribution in [3.63, 3.8) is 0 Å². The van der Waals surface area contributed by atoms with Crippen LogP contribution < -0.4 is 0 Å². The van der Waals surface area contributed by atoms with E-state index in [0.717, 1.165) is 0 Å². The predicted octanol–water partition coefficient (Wildman–Crippen LogP) is 6.41. The lowest BCUT2D eigenvalue weighted by molar-refractivity contribution is 1.53. The Labute approximate surface area is 136 Å². The molecule has 0 aliphatic heterocycles. The van der Waals surface area contributed by atoms with E-state index in [1.165, 1.54) is 12.4 Å². The Morgan fingerprint density at radius 1 is 0.600 bits per heavy atom. The Morgan fingerprint density at radius 3 is 1.20 bits per heavy atom. The molecule has 0 saturated heterocycles. The van der Waals surface area contributed by atoms with Gasteiger partial charge in [0.2, 0.25) is 0 Å². The number of nitrogens with zero attached hydrogens (tertiary/aromatic N) is 2. The highest BCUT2D eigenvalue weighted by atomic mass is 35.5. The van der Waals surface area contributed by atoms with Crippen molar-refractivity contribution in [3.05, 3.63) is 56.5 Å². The zero-order valence-corrected chi connectivity index (χ0v) is 13.0. The van der Waals surface area contributed by atoms with Crippen molar-refractivity contribution >= 4 is 70.2 Å². The lowest BCUT2D eigenvalue weighted by Gasteiger charge is -2.00. The standard InChI is InChI=1S/C14H8Cl4N2/c15-9-3-1-4-10(16)13(9)19-7-8-20-14-11(17)5-2-6-12(14)18/h1-8H. The second kappa shape index (κ2) is 7.09. The molecule has 0 aromatic heterocycles. The molecule has 0 heterocycles. The Balaban J connectivity index is 2.20. The molecule has 0 fully saturated rings. The summed E-state index contributed by atoms with van der Waals surface area (Å²) in [7, 11) is 0. The summed E-state index contributed by atoms with van der Waals surface area (Å²) in [4.78, 5) is 8.31. The summed E-state index contributed by atoms with van der Waals surface area (Å²) in [5, 5.41) is 1.88. The average Bonchev–Trinajstić information content (AvgIpc) is 2.40. The van der Waals surface area contributed by atoms with Gasteiger partial charge in [0.1, 0.15) is 11.4 Å². The van der Waals surface area contributed by atoms with Crippen LogP contribution in [0.2, 0.25) is 20.1 Å². The fourth-order valence-electron chi connectivity index (χ4n) is 1.44. The zero-order valence-electron chi connectivity index (χ0n) is 10.0. The Bertz CT molecular complexity index is 581. The van der Waals surface area contributed by atoms with Gasteiger partial charge in [0.25, 0.3) is 0 Å². The second-order valence-corrected chi connectivity index (χ2v) is 5.33. The van der Waals surface area contributed by atoms with Crippen LogP contribution in [0.3, 0.4) is 0 Å². The van der Waals surface area contributed by atoms with Crippen LogP contribution in [0.15, 0.2) is 46.4 Å². The molecule has 0 amide bonds. The third kappa shape index (κ3) is 3.74. The van der Waals surface area contributed by atoms with Crippen LogP contribution in [-0.4, -0.2) is 12.4 Å². The number of aliphatic imine (C=N–C) groups is 2. The van der Waals surface area contributed by atoms with Crippen molar-refractivity contribution in [2.75, 3.05) is 0 Å². The Kier molecular flexibility index (Phi) is 5.44. The van der Waals surface area contributed by atoms with E-state index >= 15 is 0 Å². The van der Waals surface area contributed by atoms with Gasteiger partial charge in [0, 0.05) is 12.4 Å². The van der Waals surface area contributed by atoms with E-state index in [9.17, 15) is 0 Å². The molecule has 0 aliphatic carbocycles. The molecule has 2 aromatic rings. The molecule has 6 heteroatoms. The van der Waals surface area contributed by atoms with Crippen LogP contribution in [-0.2, 0) is 0 Å². The summed E-state index contributed by atoms with van der Waals surface area (Å²) < 4.78 is 0. The molecule has 0 spiro atoms. The van der Waals surface area contributed by atoms with Crippen LogP contribution in [0, 0.1) is 0 Å². The Morgan fingerprint density at radius 2 is 0.900 bits per heavy atom. The molecule has 0 saturated carbocycles. The Hall–Kier alpha value is -1.06. The van der Waals surface area contributed by atoms with Crippen molar-refractivity contribution in [1.82, 2.24) is 0 Å². The van der Waals surface area contributed by atoms with Gasteiger partial charge >= 0.3 is 0 Å². The molecule has 0 N–H and O–H groups in total. The summed E-state index contributed by atoms with van der Waals surface area (Å²) in [5.41, 5.74) is 0.986. The van der Waals surface area contributed by atoms with Crippen molar-refractivity contribution in [2.45, 2.75) is 0 Å².